The van der Waals surface area contributed by atoms with Crippen LogP contribution < -0.4 is 10.6 Å². The van der Waals surface area contributed by atoms with E-state index < -0.39 is 0 Å². The van der Waals surface area contributed by atoms with Crippen molar-refractivity contribution in [3.05, 3.63) is 35.9 Å². The highest BCUT2D eigenvalue weighted by Crippen LogP contribution is 2.25. The molecule has 1 aliphatic heterocycles. The monoisotopic (exact) mass is 328 g/mol. The number of nitrogens with zero attached hydrogens (tertiary/aromatic N) is 2. The average Bonchev–Trinajstić information content (AvgIpc) is 3.30. The minimum atomic E-state index is 0.396. The van der Waals surface area contributed by atoms with Crippen LogP contribution in [0.4, 0.5) is 0 Å². The van der Waals surface area contributed by atoms with E-state index in [-0.39, 0.29) is 0 Å². The highest BCUT2D eigenvalue weighted by atomic mass is 15.2. The van der Waals surface area contributed by atoms with Gasteiger partial charge in [0.25, 0.3) is 0 Å². The smallest absolute Gasteiger partial charge is 0.191 e. The van der Waals surface area contributed by atoms with Crippen LogP contribution in [0, 0.1) is 0 Å². The number of hydrogen-bond acceptors (Lipinski definition) is 2. The van der Waals surface area contributed by atoms with Gasteiger partial charge in [0, 0.05) is 12.6 Å². The Labute approximate surface area is 146 Å². The highest BCUT2D eigenvalue weighted by molar-refractivity contribution is 5.80. The molecule has 1 aliphatic carbocycles. The van der Waals surface area contributed by atoms with Crippen LogP contribution >= 0.6 is 0 Å². The summed E-state index contributed by atoms with van der Waals surface area (Å²) in [5.41, 5.74) is 1.39. The second-order valence-corrected chi connectivity index (χ2v) is 7.01. The van der Waals surface area contributed by atoms with E-state index in [4.69, 9.17) is 4.99 Å². The molecule has 0 bridgehead atoms. The molecule has 1 unspecified atom stereocenters. The van der Waals surface area contributed by atoms with Crippen LogP contribution in [0.1, 0.15) is 57.1 Å². The fourth-order valence-electron chi connectivity index (χ4n) is 3.92. The van der Waals surface area contributed by atoms with Gasteiger partial charge in [0.1, 0.15) is 0 Å². The van der Waals surface area contributed by atoms with Crippen molar-refractivity contribution >= 4 is 5.96 Å². The third kappa shape index (κ3) is 4.73. The van der Waals surface area contributed by atoms with E-state index in [2.05, 4.69) is 52.8 Å². The first-order chi connectivity index (χ1) is 11.9. The highest BCUT2D eigenvalue weighted by Gasteiger charge is 2.23. The van der Waals surface area contributed by atoms with Gasteiger partial charge in [0.05, 0.1) is 12.6 Å². The Bertz CT molecular complexity index is 502. The van der Waals surface area contributed by atoms with E-state index >= 15 is 0 Å². The van der Waals surface area contributed by atoms with Crippen LogP contribution in [-0.2, 0) is 0 Å². The SMILES string of the molecule is CCNC(=NCC(c1ccccc1)N1CCCC1)NC1CCCC1. The molecule has 2 N–H and O–H groups in total. The summed E-state index contributed by atoms with van der Waals surface area (Å²) in [6, 6.07) is 11.9. The number of rotatable bonds is 6. The minimum Gasteiger partial charge on any atom is -0.357 e. The molecule has 24 heavy (non-hydrogen) atoms. The number of hydrogen-bond donors (Lipinski definition) is 2. The van der Waals surface area contributed by atoms with Crippen LogP contribution in [0.2, 0.25) is 0 Å². The number of nitrogens with one attached hydrogen (secondary N) is 2. The molecule has 4 heteroatoms. The van der Waals surface area contributed by atoms with E-state index in [1.54, 1.807) is 0 Å². The van der Waals surface area contributed by atoms with E-state index in [0.717, 1.165) is 19.0 Å². The standard InChI is InChI=1S/C20H32N4/c1-2-21-20(23-18-12-6-7-13-18)22-16-19(24-14-8-9-15-24)17-10-4-3-5-11-17/h3-5,10-11,18-19H,2,6-9,12-16H2,1H3,(H2,21,22,23). The first-order valence-corrected chi connectivity index (χ1v) is 9.70. The molecular weight excluding hydrogens is 296 g/mol. The molecule has 1 aromatic carbocycles. The van der Waals surface area contributed by atoms with Gasteiger partial charge in [0.15, 0.2) is 5.96 Å². The molecule has 1 saturated carbocycles. The van der Waals surface area contributed by atoms with Crippen molar-refractivity contribution in [1.82, 2.24) is 15.5 Å². The zero-order valence-electron chi connectivity index (χ0n) is 15.0. The maximum absolute atomic E-state index is 4.95. The predicted octanol–water partition coefficient (Wildman–Crippen LogP) is 3.32. The van der Waals surface area contributed by atoms with Crippen molar-refractivity contribution in [3.63, 3.8) is 0 Å². The van der Waals surface area contributed by atoms with Crippen LogP contribution in [0.15, 0.2) is 35.3 Å². The molecule has 132 valence electrons. The minimum absolute atomic E-state index is 0.396. The summed E-state index contributed by atoms with van der Waals surface area (Å²) in [6.07, 6.45) is 7.87. The summed E-state index contributed by atoms with van der Waals surface area (Å²) in [6.45, 7) is 6.27. The summed E-state index contributed by atoms with van der Waals surface area (Å²) in [4.78, 5) is 7.55. The van der Waals surface area contributed by atoms with Gasteiger partial charge in [-0.05, 0) is 51.3 Å². The molecule has 1 atom stereocenters. The maximum atomic E-state index is 4.95. The van der Waals surface area contributed by atoms with Gasteiger partial charge in [-0.3, -0.25) is 9.89 Å². The molecule has 0 radical (unpaired) electrons. The molecule has 1 saturated heterocycles. The van der Waals surface area contributed by atoms with Gasteiger partial charge < -0.3 is 10.6 Å². The van der Waals surface area contributed by atoms with Gasteiger partial charge in [-0.15, -0.1) is 0 Å². The second-order valence-electron chi connectivity index (χ2n) is 7.01. The van der Waals surface area contributed by atoms with Crippen molar-refractivity contribution in [2.24, 2.45) is 4.99 Å². The number of likely N-dealkylation sites (tertiary alicyclic amines) is 1. The zero-order valence-corrected chi connectivity index (χ0v) is 15.0. The van der Waals surface area contributed by atoms with Crippen molar-refractivity contribution in [2.75, 3.05) is 26.2 Å². The van der Waals surface area contributed by atoms with Crippen LogP contribution in [-0.4, -0.2) is 43.1 Å². The van der Waals surface area contributed by atoms with Crippen molar-refractivity contribution < 1.29 is 0 Å². The van der Waals surface area contributed by atoms with Gasteiger partial charge in [-0.1, -0.05) is 43.2 Å². The van der Waals surface area contributed by atoms with Crippen molar-refractivity contribution in [1.29, 1.82) is 0 Å². The fraction of sp³-hybridized carbons (Fsp3) is 0.650. The molecule has 1 aromatic rings. The Morgan fingerprint density at radius 3 is 2.50 bits per heavy atom. The first kappa shape index (κ1) is 17.3. The average molecular weight is 329 g/mol. The van der Waals surface area contributed by atoms with E-state index in [0.29, 0.717) is 12.1 Å². The summed E-state index contributed by atoms with van der Waals surface area (Å²) in [5.74, 6) is 0.990. The normalized spacial score (nSPS) is 21.1. The third-order valence-electron chi connectivity index (χ3n) is 5.23. The molecule has 3 rings (SSSR count). The largest absolute Gasteiger partial charge is 0.357 e. The molecule has 4 nitrogen and oxygen atoms in total. The second kappa shape index (κ2) is 9.07. The van der Waals surface area contributed by atoms with E-state index in [1.165, 1.54) is 57.2 Å². The van der Waals surface area contributed by atoms with Gasteiger partial charge in [0.2, 0.25) is 0 Å². The van der Waals surface area contributed by atoms with Gasteiger partial charge in [-0.25, -0.2) is 0 Å². The lowest BCUT2D eigenvalue weighted by atomic mass is 10.1. The quantitative estimate of drug-likeness (QED) is 0.621. The lowest BCUT2D eigenvalue weighted by Crippen LogP contribution is -2.43. The Hall–Kier alpha value is -1.55. The summed E-state index contributed by atoms with van der Waals surface area (Å²) in [5, 5.41) is 7.06. The molecule has 1 heterocycles. The Balaban J connectivity index is 1.69. The Morgan fingerprint density at radius 2 is 1.83 bits per heavy atom. The molecule has 0 spiro atoms. The number of guanidine groups is 1. The van der Waals surface area contributed by atoms with Crippen molar-refractivity contribution in [3.8, 4) is 0 Å². The molecular formula is C20H32N4. The third-order valence-corrected chi connectivity index (χ3v) is 5.23. The maximum Gasteiger partial charge on any atom is 0.191 e. The lowest BCUT2D eigenvalue weighted by Gasteiger charge is -2.27. The molecule has 0 aromatic heterocycles. The van der Waals surface area contributed by atoms with Gasteiger partial charge in [-0.2, -0.15) is 0 Å². The van der Waals surface area contributed by atoms with E-state index in [9.17, 15) is 0 Å². The van der Waals surface area contributed by atoms with Crippen LogP contribution in [0.5, 0.6) is 0 Å². The molecule has 0 amide bonds. The van der Waals surface area contributed by atoms with Crippen molar-refractivity contribution in [2.45, 2.75) is 57.5 Å². The summed E-state index contributed by atoms with van der Waals surface area (Å²) in [7, 11) is 0. The topological polar surface area (TPSA) is 39.7 Å². The number of aliphatic imine (C=N–C) groups is 1. The number of benzene rings is 1. The van der Waals surface area contributed by atoms with E-state index in [1.807, 2.05) is 0 Å². The fourth-order valence-corrected chi connectivity index (χ4v) is 3.92. The predicted molar refractivity (Wildman–Crippen MR) is 101 cm³/mol. The van der Waals surface area contributed by atoms with Crippen LogP contribution in [0.25, 0.3) is 0 Å². The lowest BCUT2D eigenvalue weighted by molar-refractivity contribution is 0.251. The summed E-state index contributed by atoms with van der Waals surface area (Å²) >= 11 is 0. The zero-order chi connectivity index (χ0) is 16.6. The van der Waals surface area contributed by atoms with Gasteiger partial charge >= 0.3 is 0 Å². The molecule has 2 aliphatic rings. The molecule has 2 fully saturated rings. The summed E-state index contributed by atoms with van der Waals surface area (Å²) < 4.78 is 0. The van der Waals surface area contributed by atoms with Crippen LogP contribution in [0.3, 0.4) is 0 Å². The first-order valence-electron chi connectivity index (χ1n) is 9.70. The Kier molecular flexibility index (Phi) is 6.53. The Morgan fingerprint density at radius 1 is 1.12 bits per heavy atom.